The average molecular weight is 214 g/mol. The minimum Gasteiger partial charge on any atom is -0.329 e. The van der Waals surface area contributed by atoms with Gasteiger partial charge in [-0.25, -0.2) is 0 Å². The number of rotatable bonds is 2. The molecular weight excluding hydrogens is 192 g/mol. The van der Waals surface area contributed by atoms with Gasteiger partial charge >= 0.3 is 0 Å². The van der Waals surface area contributed by atoms with Crippen LogP contribution in [-0.2, 0) is 0 Å². The Balaban J connectivity index is 2.03. The van der Waals surface area contributed by atoms with Gasteiger partial charge < -0.3 is 5.73 Å². The van der Waals surface area contributed by atoms with Gasteiger partial charge in [-0.3, -0.25) is 4.90 Å². The lowest BCUT2D eigenvalue weighted by Gasteiger charge is -2.44. The lowest BCUT2D eigenvalue weighted by atomic mass is 9.90. The van der Waals surface area contributed by atoms with E-state index in [0.717, 1.165) is 12.5 Å². The summed E-state index contributed by atoms with van der Waals surface area (Å²) in [5.74, 6) is 3.50. The Bertz CT molecular complexity index is 190. The number of hydrogen-bond donors (Lipinski definition) is 1. The van der Waals surface area contributed by atoms with E-state index in [2.05, 4.69) is 23.6 Å². The molecule has 1 atom stereocenters. The topological polar surface area (TPSA) is 29.3 Å². The Hall–Kier alpha value is 0.270. The maximum atomic E-state index is 6.01. The molecule has 2 fully saturated rings. The first-order valence-corrected chi connectivity index (χ1v) is 6.95. The molecule has 82 valence electrons. The summed E-state index contributed by atoms with van der Waals surface area (Å²) in [6, 6.07) is 0. The van der Waals surface area contributed by atoms with Crippen molar-refractivity contribution in [1.82, 2.24) is 4.90 Å². The first-order chi connectivity index (χ1) is 6.77. The van der Waals surface area contributed by atoms with Gasteiger partial charge in [0.25, 0.3) is 0 Å². The van der Waals surface area contributed by atoms with E-state index in [1.54, 1.807) is 0 Å². The predicted molar refractivity (Wildman–Crippen MR) is 63.7 cm³/mol. The molecule has 2 N–H and O–H groups in total. The van der Waals surface area contributed by atoms with Crippen LogP contribution in [0.15, 0.2) is 0 Å². The summed E-state index contributed by atoms with van der Waals surface area (Å²) >= 11 is 2.09. The van der Waals surface area contributed by atoms with Crippen molar-refractivity contribution in [1.29, 1.82) is 0 Å². The second-order valence-corrected chi connectivity index (χ2v) is 6.11. The largest absolute Gasteiger partial charge is 0.329 e. The quantitative estimate of drug-likeness (QED) is 0.756. The Kier molecular flexibility index (Phi) is 3.40. The molecule has 2 aliphatic heterocycles. The molecule has 0 bridgehead atoms. The monoisotopic (exact) mass is 214 g/mol. The first kappa shape index (κ1) is 10.8. The SMILES string of the molecule is CC1CCN(C2(CN)CCSCC2)C1. The van der Waals surface area contributed by atoms with Crippen LogP contribution in [0.25, 0.3) is 0 Å². The Morgan fingerprint density at radius 1 is 1.43 bits per heavy atom. The van der Waals surface area contributed by atoms with E-state index in [-0.39, 0.29) is 0 Å². The van der Waals surface area contributed by atoms with Crippen LogP contribution >= 0.6 is 11.8 Å². The lowest BCUT2D eigenvalue weighted by Crippen LogP contribution is -2.54. The minimum atomic E-state index is 0.371. The fourth-order valence-corrected chi connectivity index (χ4v) is 4.02. The molecule has 0 aromatic heterocycles. The Morgan fingerprint density at radius 3 is 2.64 bits per heavy atom. The maximum Gasteiger partial charge on any atom is 0.0347 e. The molecule has 2 heterocycles. The Labute approximate surface area is 91.6 Å². The molecular formula is C11H22N2S. The van der Waals surface area contributed by atoms with E-state index in [1.165, 1.54) is 43.9 Å². The van der Waals surface area contributed by atoms with E-state index >= 15 is 0 Å². The summed E-state index contributed by atoms with van der Waals surface area (Å²) in [5, 5.41) is 0. The van der Waals surface area contributed by atoms with Gasteiger partial charge in [0, 0.05) is 18.6 Å². The van der Waals surface area contributed by atoms with Crippen LogP contribution in [0.1, 0.15) is 26.2 Å². The molecule has 0 amide bonds. The van der Waals surface area contributed by atoms with E-state index < -0.39 is 0 Å². The molecule has 2 saturated heterocycles. The molecule has 0 radical (unpaired) electrons. The van der Waals surface area contributed by atoms with Crippen LogP contribution in [0.2, 0.25) is 0 Å². The lowest BCUT2D eigenvalue weighted by molar-refractivity contribution is 0.109. The van der Waals surface area contributed by atoms with Gasteiger partial charge in [-0.1, -0.05) is 6.92 Å². The molecule has 0 aliphatic carbocycles. The zero-order chi connectivity index (χ0) is 10.0. The third-order valence-corrected chi connectivity index (χ3v) is 4.88. The van der Waals surface area contributed by atoms with Crippen LogP contribution in [0, 0.1) is 5.92 Å². The van der Waals surface area contributed by atoms with E-state index in [9.17, 15) is 0 Å². The van der Waals surface area contributed by atoms with Crippen molar-refractivity contribution in [2.24, 2.45) is 11.7 Å². The number of nitrogens with zero attached hydrogens (tertiary/aromatic N) is 1. The van der Waals surface area contributed by atoms with Crippen LogP contribution in [-0.4, -0.2) is 41.6 Å². The summed E-state index contributed by atoms with van der Waals surface area (Å²) in [7, 11) is 0. The molecule has 0 saturated carbocycles. The van der Waals surface area contributed by atoms with E-state index in [0.29, 0.717) is 5.54 Å². The third-order valence-electron chi connectivity index (χ3n) is 3.90. The molecule has 14 heavy (non-hydrogen) atoms. The summed E-state index contributed by atoms with van der Waals surface area (Å²) in [4.78, 5) is 2.68. The zero-order valence-electron chi connectivity index (χ0n) is 9.17. The highest BCUT2D eigenvalue weighted by Crippen LogP contribution is 2.35. The van der Waals surface area contributed by atoms with Crippen molar-refractivity contribution < 1.29 is 0 Å². The average Bonchev–Trinajstić information content (AvgIpc) is 2.66. The Morgan fingerprint density at radius 2 is 2.14 bits per heavy atom. The summed E-state index contributed by atoms with van der Waals surface area (Å²) in [6.45, 7) is 5.78. The van der Waals surface area contributed by atoms with Crippen LogP contribution in [0.3, 0.4) is 0 Å². The van der Waals surface area contributed by atoms with E-state index in [1.807, 2.05) is 0 Å². The fraction of sp³-hybridized carbons (Fsp3) is 1.00. The van der Waals surface area contributed by atoms with E-state index in [4.69, 9.17) is 5.73 Å². The molecule has 2 rings (SSSR count). The van der Waals surface area contributed by atoms with Crippen molar-refractivity contribution >= 4 is 11.8 Å². The molecule has 3 heteroatoms. The number of thioether (sulfide) groups is 1. The highest BCUT2D eigenvalue weighted by molar-refractivity contribution is 7.99. The molecule has 2 aliphatic rings. The van der Waals surface area contributed by atoms with Crippen molar-refractivity contribution in [3.63, 3.8) is 0 Å². The minimum absolute atomic E-state index is 0.371. The standard InChI is InChI=1S/C11H22N2S/c1-10-2-5-13(8-10)11(9-12)3-6-14-7-4-11/h10H,2-9,12H2,1H3. The van der Waals surface area contributed by atoms with Crippen LogP contribution < -0.4 is 5.73 Å². The van der Waals surface area contributed by atoms with Gasteiger partial charge in [-0.05, 0) is 43.2 Å². The molecule has 0 aromatic rings. The second kappa shape index (κ2) is 4.42. The molecule has 1 unspecified atom stereocenters. The smallest absolute Gasteiger partial charge is 0.0347 e. The number of nitrogens with two attached hydrogens (primary N) is 1. The normalized spacial score (nSPS) is 33.4. The fourth-order valence-electron chi connectivity index (χ4n) is 2.77. The number of hydrogen-bond acceptors (Lipinski definition) is 3. The molecule has 2 nitrogen and oxygen atoms in total. The van der Waals surface area contributed by atoms with Crippen molar-refractivity contribution in [3.05, 3.63) is 0 Å². The zero-order valence-corrected chi connectivity index (χ0v) is 9.98. The maximum absolute atomic E-state index is 6.01. The van der Waals surface area contributed by atoms with Crippen molar-refractivity contribution in [3.8, 4) is 0 Å². The summed E-state index contributed by atoms with van der Waals surface area (Å²) < 4.78 is 0. The van der Waals surface area contributed by atoms with Crippen molar-refractivity contribution in [2.75, 3.05) is 31.1 Å². The van der Waals surface area contributed by atoms with Gasteiger partial charge in [0.1, 0.15) is 0 Å². The van der Waals surface area contributed by atoms with Gasteiger partial charge in [-0.2, -0.15) is 11.8 Å². The predicted octanol–water partition coefficient (Wildman–Crippen LogP) is 1.55. The van der Waals surface area contributed by atoms with Crippen LogP contribution in [0.4, 0.5) is 0 Å². The number of likely N-dealkylation sites (tertiary alicyclic amines) is 1. The van der Waals surface area contributed by atoms with Gasteiger partial charge in [-0.15, -0.1) is 0 Å². The van der Waals surface area contributed by atoms with Crippen molar-refractivity contribution in [2.45, 2.75) is 31.7 Å². The van der Waals surface area contributed by atoms with Gasteiger partial charge in [0.2, 0.25) is 0 Å². The molecule has 0 aromatic carbocycles. The molecule has 0 spiro atoms. The van der Waals surface area contributed by atoms with Crippen LogP contribution in [0.5, 0.6) is 0 Å². The van der Waals surface area contributed by atoms with Gasteiger partial charge in [0.05, 0.1) is 0 Å². The highest BCUT2D eigenvalue weighted by atomic mass is 32.2. The highest BCUT2D eigenvalue weighted by Gasteiger charge is 2.39. The van der Waals surface area contributed by atoms with Gasteiger partial charge in [0.15, 0.2) is 0 Å². The summed E-state index contributed by atoms with van der Waals surface area (Å²) in [6.07, 6.45) is 3.98. The summed E-state index contributed by atoms with van der Waals surface area (Å²) in [5.41, 5.74) is 6.38. The second-order valence-electron chi connectivity index (χ2n) is 4.88. The first-order valence-electron chi connectivity index (χ1n) is 5.80. The third kappa shape index (κ3) is 1.95.